The van der Waals surface area contributed by atoms with Gasteiger partial charge in [0, 0.05) is 17.7 Å². The van der Waals surface area contributed by atoms with Gasteiger partial charge in [0.15, 0.2) is 0 Å². The summed E-state index contributed by atoms with van der Waals surface area (Å²) >= 11 is 0. The minimum Gasteiger partial charge on any atom is -0.497 e. The van der Waals surface area contributed by atoms with Crippen LogP contribution in [0.4, 0.5) is 0 Å². The fraction of sp³-hybridized carbons (Fsp3) is 0.625. The average molecular weight is 263 g/mol. The summed E-state index contributed by atoms with van der Waals surface area (Å²) in [6.07, 6.45) is 6.62. The lowest BCUT2D eigenvalue weighted by Gasteiger charge is -2.26. The van der Waals surface area contributed by atoms with Crippen LogP contribution in [0.5, 0.6) is 11.5 Å². The van der Waals surface area contributed by atoms with Crippen molar-refractivity contribution >= 4 is 0 Å². The quantitative estimate of drug-likeness (QED) is 0.879. The van der Waals surface area contributed by atoms with Gasteiger partial charge in [-0.05, 0) is 45.7 Å². The molecule has 1 aliphatic rings. The molecule has 0 bridgehead atoms. The minimum absolute atomic E-state index is 0.282. The molecule has 3 nitrogen and oxygen atoms in total. The summed E-state index contributed by atoms with van der Waals surface area (Å²) in [4.78, 5) is 0. The Hall–Kier alpha value is -1.22. The third-order valence-electron chi connectivity index (χ3n) is 3.97. The van der Waals surface area contributed by atoms with E-state index in [9.17, 15) is 0 Å². The molecule has 0 saturated heterocycles. The summed E-state index contributed by atoms with van der Waals surface area (Å²) in [6, 6.07) is 6.39. The molecule has 19 heavy (non-hydrogen) atoms. The third-order valence-corrected chi connectivity index (χ3v) is 3.97. The molecule has 1 aromatic carbocycles. The fourth-order valence-electron chi connectivity index (χ4n) is 2.62. The lowest BCUT2D eigenvalue weighted by Crippen LogP contribution is -2.21. The van der Waals surface area contributed by atoms with Crippen molar-refractivity contribution in [1.82, 2.24) is 5.32 Å². The summed E-state index contributed by atoms with van der Waals surface area (Å²) in [7, 11) is 3.67. The molecule has 0 aromatic heterocycles. The van der Waals surface area contributed by atoms with Gasteiger partial charge in [0.1, 0.15) is 11.5 Å². The van der Waals surface area contributed by atoms with Crippen LogP contribution in [0.3, 0.4) is 0 Å². The van der Waals surface area contributed by atoms with Crippen LogP contribution in [0.1, 0.15) is 50.6 Å². The Bertz CT molecular complexity index is 400. The topological polar surface area (TPSA) is 30.5 Å². The molecular weight excluding hydrogens is 238 g/mol. The van der Waals surface area contributed by atoms with Gasteiger partial charge in [0.05, 0.1) is 13.2 Å². The number of hydrogen-bond acceptors (Lipinski definition) is 3. The van der Waals surface area contributed by atoms with E-state index < -0.39 is 0 Å². The van der Waals surface area contributed by atoms with Gasteiger partial charge < -0.3 is 14.8 Å². The molecule has 1 aliphatic carbocycles. The van der Waals surface area contributed by atoms with E-state index in [1.54, 1.807) is 7.11 Å². The second kappa shape index (κ2) is 6.80. The van der Waals surface area contributed by atoms with Gasteiger partial charge in [-0.2, -0.15) is 0 Å². The van der Waals surface area contributed by atoms with E-state index in [1.165, 1.54) is 37.7 Å². The summed E-state index contributed by atoms with van der Waals surface area (Å²) < 4.78 is 11.5. The number of ether oxygens (including phenoxy) is 2. The maximum Gasteiger partial charge on any atom is 0.128 e. The Morgan fingerprint density at radius 1 is 1.21 bits per heavy atom. The van der Waals surface area contributed by atoms with Crippen LogP contribution >= 0.6 is 0 Å². The zero-order valence-electron chi connectivity index (χ0n) is 12.2. The first-order chi connectivity index (χ1) is 9.24. The van der Waals surface area contributed by atoms with Gasteiger partial charge in [-0.15, -0.1) is 0 Å². The van der Waals surface area contributed by atoms with Crippen molar-refractivity contribution in [3.63, 3.8) is 0 Å². The zero-order valence-corrected chi connectivity index (χ0v) is 12.2. The van der Waals surface area contributed by atoms with Crippen LogP contribution in [0.25, 0.3) is 0 Å². The highest BCUT2D eigenvalue weighted by atomic mass is 16.5. The van der Waals surface area contributed by atoms with Crippen LogP contribution < -0.4 is 14.8 Å². The first kappa shape index (κ1) is 14.2. The normalized spacial score (nSPS) is 18.1. The summed E-state index contributed by atoms with van der Waals surface area (Å²) in [5.74, 6) is 1.82. The second-order valence-corrected chi connectivity index (χ2v) is 5.29. The predicted molar refractivity (Wildman–Crippen MR) is 78.0 cm³/mol. The third kappa shape index (κ3) is 3.63. The van der Waals surface area contributed by atoms with Crippen molar-refractivity contribution < 1.29 is 9.47 Å². The first-order valence-electron chi connectivity index (χ1n) is 7.26. The Labute approximate surface area is 116 Å². The average Bonchev–Trinajstić information content (AvgIpc) is 2.47. The Morgan fingerprint density at radius 3 is 2.58 bits per heavy atom. The Kier molecular flexibility index (Phi) is 5.08. The monoisotopic (exact) mass is 263 g/mol. The molecule has 0 amide bonds. The number of benzene rings is 1. The van der Waals surface area contributed by atoms with Crippen LogP contribution in [-0.2, 0) is 0 Å². The Balaban J connectivity index is 2.18. The van der Waals surface area contributed by atoms with Crippen molar-refractivity contribution in [2.24, 2.45) is 0 Å². The Morgan fingerprint density at radius 2 is 1.95 bits per heavy atom. The predicted octanol–water partition coefficient (Wildman–Crippen LogP) is 3.69. The van der Waals surface area contributed by atoms with Gasteiger partial charge in [-0.3, -0.25) is 0 Å². The van der Waals surface area contributed by atoms with E-state index in [2.05, 4.69) is 18.3 Å². The first-order valence-corrected chi connectivity index (χ1v) is 7.26. The maximum absolute atomic E-state index is 6.23. The van der Waals surface area contributed by atoms with E-state index in [-0.39, 0.29) is 6.04 Å². The number of nitrogens with one attached hydrogen (secondary N) is 1. The van der Waals surface area contributed by atoms with Crippen molar-refractivity contribution in [3.8, 4) is 11.5 Å². The van der Waals surface area contributed by atoms with Crippen LogP contribution in [0.15, 0.2) is 18.2 Å². The standard InChI is InChI=1S/C16H25NO2/c1-12(17-2)15-10-9-14(18-3)11-16(15)19-13-7-5-4-6-8-13/h9-13,17H,4-8H2,1-3H3. The summed E-state index contributed by atoms with van der Waals surface area (Å²) in [5, 5.41) is 3.28. The van der Waals surface area contributed by atoms with Gasteiger partial charge in [-0.25, -0.2) is 0 Å². The summed E-state index contributed by atoms with van der Waals surface area (Å²) in [5.41, 5.74) is 1.20. The molecule has 1 aromatic rings. The van der Waals surface area contributed by atoms with Gasteiger partial charge >= 0.3 is 0 Å². The lowest BCUT2D eigenvalue weighted by molar-refractivity contribution is 0.152. The SMILES string of the molecule is CNC(C)c1ccc(OC)cc1OC1CCCCC1. The van der Waals surface area contributed by atoms with E-state index in [4.69, 9.17) is 9.47 Å². The van der Waals surface area contributed by atoms with E-state index in [0.717, 1.165) is 11.5 Å². The van der Waals surface area contributed by atoms with Crippen molar-refractivity contribution in [2.75, 3.05) is 14.2 Å². The summed E-state index contributed by atoms with van der Waals surface area (Å²) in [6.45, 7) is 2.15. The van der Waals surface area contributed by atoms with Gasteiger partial charge in [0.25, 0.3) is 0 Å². The molecule has 0 aliphatic heterocycles. The number of methoxy groups -OCH3 is 1. The highest BCUT2D eigenvalue weighted by molar-refractivity contribution is 5.42. The van der Waals surface area contributed by atoms with Gasteiger partial charge in [-0.1, -0.05) is 12.5 Å². The number of rotatable bonds is 5. The van der Waals surface area contributed by atoms with Crippen molar-refractivity contribution in [2.45, 2.75) is 51.2 Å². The molecule has 1 unspecified atom stereocenters. The molecule has 1 saturated carbocycles. The molecule has 1 atom stereocenters. The molecule has 3 heteroatoms. The van der Waals surface area contributed by atoms with Crippen molar-refractivity contribution in [1.29, 1.82) is 0 Å². The zero-order chi connectivity index (χ0) is 13.7. The molecule has 1 N–H and O–H groups in total. The van der Waals surface area contributed by atoms with Crippen LogP contribution in [-0.4, -0.2) is 20.3 Å². The molecule has 2 rings (SSSR count). The van der Waals surface area contributed by atoms with Crippen molar-refractivity contribution in [3.05, 3.63) is 23.8 Å². The molecule has 0 spiro atoms. The van der Waals surface area contributed by atoms with E-state index in [0.29, 0.717) is 6.10 Å². The lowest BCUT2D eigenvalue weighted by atomic mass is 9.97. The second-order valence-electron chi connectivity index (χ2n) is 5.29. The smallest absolute Gasteiger partial charge is 0.128 e. The molecule has 0 radical (unpaired) electrons. The number of hydrogen-bond donors (Lipinski definition) is 1. The largest absolute Gasteiger partial charge is 0.497 e. The van der Waals surface area contributed by atoms with E-state index >= 15 is 0 Å². The molecule has 106 valence electrons. The fourth-order valence-corrected chi connectivity index (χ4v) is 2.62. The molecule has 1 fully saturated rings. The maximum atomic E-state index is 6.23. The molecular formula is C16H25NO2. The van der Waals surface area contributed by atoms with Crippen LogP contribution in [0.2, 0.25) is 0 Å². The van der Waals surface area contributed by atoms with Crippen LogP contribution in [0, 0.1) is 0 Å². The highest BCUT2D eigenvalue weighted by Gasteiger charge is 2.18. The van der Waals surface area contributed by atoms with Gasteiger partial charge in [0.2, 0.25) is 0 Å². The van der Waals surface area contributed by atoms with E-state index in [1.807, 2.05) is 19.2 Å². The highest BCUT2D eigenvalue weighted by Crippen LogP contribution is 2.32. The molecule has 0 heterocycles. The minimum atomic E-state index is 0.282.